The highest BCUT2D eigenvalue weighted by atomic mass is 14.9. The summed E-state index contributed by atoms with van der Waals surface area (Å²) in [6, 6.07) is 6.57. The van der Waals surface area contributed by atoms with Crippen molar-refractivity contribution in [3.05, 3.63) is 29.3 Å². The fourth-order valence-corrected chi connectivity index (χ4v) is 1.96. The fraction of sp³-hybridized carbons (Fsp3) is 0.455. The van der Waals surface area contributed by atoms with Crippen molar-refractivity contribution in [2.45, 2.75) is 19.3 Å². The molecule has 0 aromatic heterocycles. The van der Waals surface area contributed by atoms with Gasteiger partial charge in [-0.25, -0.2) is 0 Å². The predicted octanol–water partition coefficient (Wildman–Crippen LogP) is 1.85. The molecule has 1 unspecified atom stereocenters. The molecule has 2 nitrogen and oxygen atoms in total. The highest BCUT2D eigenvalue weighted by molar-refractivity contribution is 5.56. The average Bonchev–Trinajstić information content (AvgIpc) is 2.16. The number of aryl methyl sites for hydroxylation is 1. The Kier molecular flexibility index (Phi) is 2.23. The molecule has 1 aromatic carbocycles. The summed E-state index contributed by atoms with van der Waals surface area (Å²) in [5.74, 6) is 0.553. The van der Waals surface area contributed by atoms with Crippen LogP contribution in [-0.2, 0) is 0 Å². The van der Waals surface area contributed by atoms with Crippen LogP contribution in [0.15, 0.2) is 18.2 Å². The van der Waals surface area contributed by atoms with Gasteiger partial charge >= 0.3 is 0 Å². The predicted molar refractivity (Wildman–Crippen MR) is 56.1 cm³/mol. The van der Waals surface area contributed by atoms with Gasteiger partial charge in [-0.1, -0.05) is 12.1 Å². The van der Waals surface area contributed by atoms with Crippen molar-refractivity contribution in [1.29, 1.82) is 0 Å². The summed E-state index contributed by atoms with van der Waals surface area (Å²) in [6.07, 6.45) is 1.16. The molecule has 3 N–H and O–H groups in total. The summed E-state index contributed by atoms with van der Waals surface area (Å²) in [6.45, 7) is 3.93. The summed E-state index contributed by atoms with van der Waals surface area (Å²) in [5, 5.41) is 3.41. The first-order valence-corrected chi connectivity index (χ1v) is 4.86. The monoisotopic (exact) mass is 176 g/mol. The molecule has 13 heavy (non-hydrogen) atoms. The Morgan fingerprint density at radius 1 is 1.54 bits per heavy atom. The Hall–Kier alpha value is -1.02. The van der Waals surface area contributed by atoms with Crippen molar-refractivity contribution in [2.24, 2.45) is 5.73 Å². The minimum Gasteiger partial charge on any atom is -0.385 e. The second-order valence-electron chi connectivity index (χ2n) is 3.74. The lowest BCUT2D eigenvalue weighted by molar-refractivity contribution is 0.636. The Morgan fingerprint density at radius 3 is 3.15 bits per heavy atom. The van der Waals surface area contributed by atoms with E-state index in [-0.39, 0.29) is 0 Å². The maximum atomic E-state index is 5.73. The third-order valence-corrected chi connectivity index (χ3v) is 2.74. The van der Waals surface area contributed by atoms with Crippen LogP contribution in [0.25, 0.3) is 0 Å². The van der Waals surface area contributed by atoms with E-state index in [0.29, 0.717) is 5.92 Å². The molecule has 70 valence electrons. The number of rotatable bonds is 1. The van der Waals surface area contributed by atoms with Crippen LogP contribution in [0, 0.1) is 6.92 Å². The van der Waals surface area contributed by atoms with E-state index >= 15 is 0 Å². The highest BCUT2D eigenvalue weighted by Gasteiger charge is 2.17. The lowest BCUT2D eigenvalue weighted by Crippen LogP contribution is -2.22. The van der Waals surface area contributed by atoms with Gasteiger partial charge in [0.1, 0.15) is 0 Å². The van der Waals surface area contributed by atoms with Gasteiger partial charge in [-0.05, 0) is 43.0 Å². The van der Waals surface area contributed by atoms with Crippen LogP contribution in [0.3, 0.4) is 0 Å². The molecule has 1 aliphatic rings. The SMILES string of the molecule is Cc1ccc2c(c1)NCCC2CN. The third-order valence-electron chi connectivity index (χ3n) is 2.74. The maximum Gasteiger partial charge on any atom is 0.0378 e. The van der Waals surface area contributed by atoms with Gasteiger partial charge in [-0.15, -0.1) is 0 Å². The van der Waals surface area contributed by atoms with Crippen molar-refractivity contribution in [1.82, 2.24) is 0 Å². The molecule has 1 aliphatic heterocycles. The van der Waals surface area contributed by atoms with Crippen molar-refractivity contribution in [3.63, 3.8) is 0 Å². The molecular weight excluding hydrogens is 160 g/mol. The van der Waals surface area contributed by atoms with Crippen LogP contribution in [0.5, 0.6) is 0 Å². The van der Waals surface area contributed by atoms with Gasteiger partial charge in [0.2, 0.25) is 0 Å². The Morgan fingerprint density at radius 2 is 2.38 bits per heavy atom. The largest absolute Gasteiger partial charge is 0.385 e. The third kappa shape index (κ3) is 1.54. The zero-order valence-corrected chi connectivity index (χ0v) is 8.01. The van der Waals surface area contributed by atoms with Crippen LogP contribution < -0.4 is 11.1 Å². The maximum absolute atomic E-state index is 5.73. The van der Waals surface area contributed by atoms with Gasteiger partial charge in [0.05, 0.1) is 0 Å². The van der Waals surface area contributed by atoms with Crippen molar-refractivity contribution < 1.29 is 0 Å². The average molecular weight is 176 g/mol. The Bertz CT molecular complexity index is 307. The minimum absolute atomic E-state index is 0.553. The van der Waals surface area contributed by atoms with Gasteiger partial charge in [0.25, 0.3) is 0 Å². The van der Waals surface area contributed by atoms with Crippen molar-refractivity contribution in [3.8, 4) is 0 Å². The second-order valence-corrected chi connectivity index (χ2v) is 3.74. The van der Waals surface area contributed by atoms with Crippen LogP contribution in [0.1, 0.15) is 23.5 Å². The Balaban J connectivity index is 2.40. The van der Waals surface area contributed by atoms with Crippen LogP contribution >= 0.6 is 0 Å². The lowest BCUT2D eigenvalue weighted by atomic mass is 9.90. The van der Waals surface area contributed by atoms with Crippen LogP contribution in [-0.4, -0.2) is 13.1 Å². The van der Waals surface area contributed by atoms with E-state index in [1.54, 1.807) is 0 Å². The normalized spacial score (nSPS) is 20.6. The first-order chi connectivity index (χ1) is 6.31. The first-order valence-electron chi connectivity index (χ1n) is 4.86. The topological polar surface area (TPSA) is 38.0 Å². The number of benzene rings is 1. The van der Waals surface area contributed by atoms with E-state index in [0.717, 1.165) is 19.5 Å². The molecule has 0 amide bonds. The molecule has 2 rings (SSSR count). The standard InChI is InChI=1S/C11H16N2/c1-8-2-3-10-9(7-12)4-5-13-11(10)6-8/h2-3,6,9,13H,4-5,7,12H2,1H3. The van der Waals surface area contributed by atoms with E-state index in [4.69, 9.17) is 5.73 Å². The lowest BCUT2D eigenvalue weighted by Gasteiger charge is -2.25. The van der Waals surface area contributed by atoms with Gasteiger partial charge < -0.3 is 11.1 Å². The minimum atomic E-state index is 0.553. The highest BCUT2D eigenvalue weighted by Crippen LogP contribution is 2.31. The number of hydrogen-bond donors (Lipinski definition) is 2. The van der Waals surface area contributed by atoms with E-state index in [1.807, 2.05) is 0 Å². The smallest absolute Gasteiger partial charge is 0.0378 e. The molecular formula is C11H16N2. The summed E-state index contributed by atoms with van der Waals surface area (Å²) >= 11 is 0. The van der Waals surface area contributed by atoms with Gasteiger partial charge in [-0.2, -0.15) is 0 Å². The molecule has 0 aliphatic carbocycles. The van der Waals surface area contributed by atoms with E-state index in [1.165, 1.54) is 16.8 Å². The number of anilines is 1. The molecule has 2 heteroatoms. The summed E-state index contributed by atoms with van der Waals surface area (Å²) in [4.78, 5) is 0. The number of nitrogens with one attached hydrogen (secondary N) is 1. The summed E-state index contributed by atoms with van der Waals surface area (Å²) < 4.78 is 0. The van der Waals surface area contributed by atoms with Crippen molar-refractivity contribution in [2.75, 3.05) is 18.4 Å². The van der Waals surface area contributed by atoms with E-state index < -0.39 is 0 Å². The molecule has 1 atom stereocenters. The second kappa shape index (κ2) is 3.38. The molecule has 0 spiro atoms. The van der Waals surface area contributed by atoms with Gasteiger partial charge in [-0.3, -0.25) is 0 Å². The molecule has 0 bridgehead atoms. The molecule has 1 aromatic rings. The zero-order chi connectivity index (χ0) is 9.26. The summed E-state index contributed by atoms with van der Waals surface area (Å²) in [5.41, 5.74) is 9.71. The number of nitrogens with two attached hydrogens (primary N) is 1. The molecule has 0 fully saturated rings. The van der Waals surface area contributed by atoms with Crippen molar-refractivity contribution >= 4 is 5.69 Å². The van der Waals surface area contributed by atoms with E-state index in [2.05, 4.69) is 30.4 Å². The fourth-order valence-electron chi connectivity index (χ4n) is 1.96. The number of fused-ring (bicyclic) bond motifs is 1. The summed E-state index contributed by atoms with van der Waals surface area (Å²) in [7, 11) is 0. The molecule has 1 heterocycles. The molecule has 0 saturated carbocycles. The van der Waals surface area contributed by atoms with Crippen LogP contribution in [0.4, 0.5) is 5.69 Å². The van der Waals surface area contributed by atoms with Crippen LogP contribution in [0.2, 0.25) is 0 Å². The molecule has 0 saturated heterocycles. The van der Waals surface area contributed by atoms with Gasteiger partial charge in [0, 0.05) is 12.2 Å². The van der Waals surface area contributed by atoms with Gasteiger partial charge in [0.15, 0.2) is 0 Å². The quantitative estimate of drug-likeness (QED) is 0.685. The zero-order valence-electron chi connectivity index (χ0n) is 8.01. The Labute approximate surface area is 79.1 Å². The molecule has 0 radical (unpaired) electrons. The number of hydrogen-bond acceptors (Lipinski definition) is 2. The van der Waals surface area contributed by atoms with E-state index in [9.17, 15) is 0 Å². The first kappa shape index (κ1) is 8.57.